The minimum Gasteiger partial charge on any atom is -0.360 e. The van der Waals surface area contributed by atoms with Crippen molar-refractivity contribution < 1.29 is 13.8 Å². The van der Waals surface area contributed by atoms with Crippen molar-refractivity contribution in [2.75, 3.05) is 38.0 Å². The third-order valence-electron chi connectivity index (χ3n) is 3.66. The normalized spacial score (nSPS) is 16.6. The first kappa shape index (κ1) is 15.6. The number of hydrogen-bond donors (Lipinski definition) is 1. The van der Waals surface area contributed by atoms with Crippen molar-refractivity contribution in [1.29, 1.82) is 0 Å². The third-order valence-corrected chi connectivity index (χ3v) is 3.66. The summed E-state index contributed by atoms with van der Waals surface area (Å²) in [4.78, 5) is 20.5. The molecule has 124 valence electrons. The molecule has 3 rings (SSSR count). The molecule has 0 atom stereocenters. The highest BCUT2D eigenvalue weighted by atomic mass is 16.5. The fourth-order valence-electron chi connectivity index (χ4n) is 2.51. The Labute approximate surface area is 133 Å². The molecule has 1 fully saturated rings. The Balaban J connectivity index is 1.41. The molecule has 2 aromatic heterocycles. The largest absolute Gasteiger partial charge is 0.360 e. The zero-order valence-electron chi connectivity index (χ0n) is 13.3. The molecule has 1 saturated heterocycles. The van der Waals surface area contributed by atoms with E-state index >= 15 is 0 Å². The molecule has 1 aliphatic heterocycles. The van der Waals surface area contributed by atoms with Gasteiger partial charge in [-0.3, -0.25) is 14.6 Å². The number of hydrogen-bond acceptors (Lipinski definition) is 8. The number of nitrogens with zero attached hydrogens (tertiary/aromatic N) is 5. The van der Waals surface area contributed by atoms with Crippen molar-refractivity contribution in [2.45, 2.75) is 20.4 Å². The lowest BCUT2D eigenvalue weighted by molar-refractivity contribution is -0.117. The topological polar surface area (TPSA) is 101 Å². The molecule has 0 aliphatic carbocycles. The number of aromatic nitrogens is 3. The van der Waals surface area contributed by atoms with Crippen LogP contribution in [0.2, 0.25) is 0 Å². The van der Waals surface area contributed by atoms with Gasteiger partial charge >= 0.3 is 0 Å². The highest BCUT2D eigenvalue weighted by Gasteiger charge is 2.20. The van der Waals surface area contributed by atoms with Gasteiger partial charge in [0.05, 0.1) is 13.1 Å². The minimum absolute atomic E-state index is 0.0840. The first-order valence-electron chi connectivity index (χ1n) is 7.55. The molecule has 0 bridgehead atoms. The van der Waals surface area contributed by atoms with Gasteiger partial charge in [0.1, 0.15) is 5.76 Å². The Morgan fingerprint density at radius 2 is 1.91 bits per heavy atom. The molecule has 1 amide bonds. The number of anilines is 1. The van der Waals surface area contributed by atoms with Crippen molar-refractivity contribution in [1.82, 2.24) is 25.1 Å². The van der Waals surface area contributed by atoms with E-state index in [4.69, 9.17) is 9.05 Å². The van der Waals surface area contributed by atoms with E-state index in [-0.39, 0.29) is 5.91 Å². The average Bonchev–Trinajstić information content (AvgIpc) is 3.10. The fraction of sp³-hybridized carbons (Fsp3) is 0.571. The zero-order valence-corrected chi connectivity index (χ0v) is 13.3. The van der Waals surface area contributed by atoms with Gasteiger partial charge in [0.15, 0.2) is 11.6 Å². The van der Waals surface area contributed by atoms with Crippen molar-refractivity contribution >= 4 is 11.7 Å². The molecule has 9 heteroatoms. The van der Waals surface area contributed by atoms with Gasteiger partial charge in [0.25, 0.3) is 0 Å². The average molecular weight is 320 g/mol. The summed E-state index contributed by atoms with van der Waals surface area (Å²) < 4.78 is 10.1. The molecule has 1 aliphatic rings. The Hall–Kier alpha value is -2.26. The van der Waals surface area contributed by atoms with Crippen LogP contribution in [0.4, 0.5) is 5.82 Å². The van der Waals surface area contributed by atoms with Crippen LogP contribution in [0.25, 0.3) is 0 Å². The number of piperazine rings is 1. The van der Waals surface area contributed by atoms with Crippen LogP contribution >= 0.6 is 0 Å². The molecular weight excluding hydrogens is 300 g/mol. The molecule has 3 heterocycles. The second-order valence-corrected chi connectivity index (χ2v) is 5.66. The van der Waals surface area contributed by atoms with Gasteiger partial charge < -0.3 is 14.4 Å². The predicted octanol–water partition coefficient (Wildman–Crippen LogP) is 0.431. The molecule has 0 aromatic carbocycles. The van der Waals surface area contributed by atoms with Crippen LogP contribution in [0.3, 0.4) is 0 Å². The Kier molecular flexibility index (Phi) is 4.68. The molecule has 1 N–H and O–H groups in total. The van der Waals surface area contributed by atoms with E-state index in [1.165, 1.54) is 0 Å². The summed E-state index contributed by atoms with van der Waals surface area (Å²) in [7, 11) is 0. The number of amides is 1. The molecule has 0 saturated carbocycles. The van der Waals surface area contributed by atoms with Crippen molar-refractivity contribution in [2.24, 2.45) is 0 Å². The van der Waals surface area contributed by atoms with Gasteiger partial charge in [-0.15, -0.1) is 0 Å². The van der Waals surface area contributed by atoms with E-state index < -0.39 is 0 Å². The van der Waals surface area contributed by atoms with E-state index in [9.17, 15) is 4.79 Å². The van der Waals surface area contributed by atoms with Gasteiger partial charge in [-0.05, 0) is 13.8 Å². The number of carbonyl (C=O) groups is 1. The summed E-state index contributed by atoms with van der Waals surface area (Å²) in [5.41, 5.74) is 0. The summed E-state index contributed by atoms with van der Waals surface area (Å²) >= 11 is 0. The maximum atomic E-state index is 12.0. The second kappa shape index (κ2) is 6.88. The Morgan fingerprint density at radius 1 is 1.17 bits per heavy atom. The molecule has 23 heavy (non-hydrogen) atoms. The highest BCUT2D eigenvalue weighted by Crippen LogP contribution is 2.09. The zero-order chi connectivity index (χ0) is 16.2. The smallest absolute Gasteiger partial charge is 0.240 e. The molecule has 0 unspecified atom stereocenters. The van der Waals surface area contributed by atoms with E-state index in [2.05, 4.69) is 30.4 Å². The van der Waals surface area contributed by atoms with E-state index in [0.29, 0.717) is 36.4 Å². The summed E-state index contributed by atoms with van der Waals surface area (Å²) in [5.74, 6) is 2.33. The molecule has 2 aromatic rings. The summed E-state index contributed by atoms with van der Waals surface area (Å²) in [6.45, 7) is 7.94. The summed E-state index contributed by atoms with van der Waals surface area (Å²) in [5, 5.41) is 10.3. The quantitative estimate of drug-likeness (QED) is 0.846. The lowest BCUT2D eigenvalue weighted by atomic mass is 10.3. The second-order valence-electron chi connectivity index (χ2n) is 5.66. The summed E-state index contributed by atoms with van der Waals surface area (Å²) in [6, 6.07) is 1.70. The molecule has 9 nitrogen and oxygen atoms in total. The van der Waals surface area contributed by atoms with Crippen molar-refractivity contribution in [3.05, 3.63) is 23.5 Å². The molecule has 0 radical (unpaired) electrons. The standard InChI is InChI=1S/C14H20N6O3/c1-10-7-12(18-22-10)16-13(21)8-19-3-5-20(6-4-19)9-14-15-11(2)17-23-14/h7H,3-6,8-9H2,1-2H3,(H,16,18,21). The highest BCUT2D eigenvalue weighted by molar-refractivity contribution is 5.91. The van der Waals surface area contributed by atoms with Crippen LogP contribution in [-0.2, 0) is 11.3 Å². The maximum Gasteiger partial charge on any atom is 0.240 e. The Morgan fingerprint density at radius 3 is 2.52 bits per heavy atom. The van der Waals surface area contributed by atoms with Crippen molar-refractivity contribution in [3.8, 4) is 0 Å². The van der Waals surface area contributed by atoms with Crippen molar-refractivity contribution in [3.63, 3.8) is 0 Å². The first-order valence-corrected chi connectivity index (χ1v) is 7.55. The SMILES string of the molecule is Cc1noc(CN2CCN(CC(=O)Nc3cc(C)on3)CC2)n1. The van der Waals surface area contributed by atoms with Crippen LogP contribution in [-0.4, -0.2) is 63.7 Å². The number of aryl methyl sites for hydroxylation is 2. The lowest BCUT2D eigenvalue weighted by Gasteiger charge is -2.33. The van der Waals surface area contributed by atoms with E-state index in [1.54, 1.807) is 19.9 Å². The van der Waals surface area contributed by atoms with Gasteiger partial charge in [-0.2, -0.15) is 4.98 Å². The molecule has 0 spiro atoms. The number of nitrogens with one attached hydrogen (secondary N) is 1. The minimum atomic E-state index is -0.0840. The number of carbonyl (C=O) groups excluding carboxylic acids is 1. The molecular formula is C14H20N6O3. The van der Waals surface area contributed by atoms with Gasteiger partial charge in [-0.25, -0.2) is 0 Å². The predicted molar refractivity (Wildman–Crippen MR) is 80.6 cm³/mol. The third kappa shape index (κ3) is 4.36. The summed E-state index contributed by atoms with van der Waals surface area (Å²) in [6.07, 6.45) is 0. The van der Waals surface area contributed by atoms with E-state index in [1.807, 2.05) is 0 Å². The van der Waals surface area contributed by atoms with Crippen LogP contribution < -0.4 is 5.32 Å². The monoisotopic (exact) mass is 320 g/mol. The maximum absolute atomic E-state index is 12.0. The van der Waals surface area contributed by atoms with Gasteiger partial charge in [0.2, 0.25) is 11.8 Å². The van der Waals surface area contributed by atoms with Gasteiger partial charge in [0, 0.05) is 32.2 Å². The van der Waals surface area contributed by atoms with Crippen LogP contribution in [0.15, 0.2) is 15.1 Å². The first-order chi connectivity index (χ1) is 11.1. The van der Waals surface area contributed by atoms with Gasteiger partial charge in [-0.1, -0.05) is 10.3 Å². The van der Waals surface area contributed by atoms with Crippen LogP contribution in [0.5, 0.6) is 0 Å². The fourth-order valence-corrected chi connectivity index (χ4v) is 2.51. The van der Waals surface area contributed by atoms with Crippen LogP contribution in [0, 0.1) is 13.8 Å². The number of rotatable bonds is 5. The van der Waals surface area contributed by atoms with E-state index in [0.717, 1.165) is 26.2 Å². The van der Waals surface area contributed by atoms with Crippen LogP contribution in [0.1, 0.15) is 17.5 Å². The lowest BCUT2D eigenvalue weighted by Crippen LogP contribution is -2.48. The Bertz CT molecular complexity index is 659.